The number of nitrogens with one attached hydrogen (secondary N) is 2. The van der Waals surface area contributed by atoms with Crippen molar-refractivity contribution in [3.8, 4) is 10.6 Å². The summed E-state index contributed by atoms with van der Waals surface area (Å²) >= 11 is 1.51. The first-order valence-electron chi connectivity index (χ1n) is 13.0. The Bertz CT molecular complexity index is 1320. The molecule has 0 radical (unpaired) electrons. The maximum absolute atomic E-state index is 14.1. The van der Waals surface area contributed by atoms with Crippen molar-refractivity contribution >= 4 is 33.3 Å². The SMILES string of the molecule is Cc1nc(N[C@H](C)C2CC2)nc(N[C@@H]2C[C@H](C(C)(F)F)[C@@H](O)[C@H]2O)c1-c1nc2c(C3CC3)nccc2s1. The van der Waals surface area contributed by atoms with Gasteiger partial charge in [0.1, 0.15) is 22.4 Å². The van der Waals surface area contributed by atoms with Gasteiger partial charge in [-0.05, 0) is 64.9 Å². The van der Waals surface area contributed by atoms with E-state index in [9.17, 15) is 19.0 Å². The molecule has 37 heavy (non-hydrogen) atoms. The van der Waals surface area contributed by atoms with Gasteiger partial charge in [0, 0.05) is 18.2 Å². The first-order valence-corrected chi connectivity index (χ1v) is 13.8. The first-order chi connectivity index (χ1) is 17.6. The Labute approximate surface area is 218 Å². The van der Waals surface area contributed by atoms with E-state index in [-0.39, 0.29) is 12.5 Å². The molecule has 3 aliphatic rings. The first kappa shape index (κ1) is 24.8. The average molecular weight is 531 g/mol. The van der Waals surface area contributed by atoms with Gasteiger partial charge in [0.05, 0.1) is 39.7 Å². The van der Waals surface area contributed by atoms with Crippen LogP contribution in [0.15, 0.2) is 12.3 Å². The van der Waals surface area contributed by atoms with Gasteiger partial charge in [0.2, 0.25) is 5.95 Å². The molecule has 8 nitrogen and oxygen atoms in total. The van der Waals surface area contributed by atoms with E-state index in [1.807, 2.05) is 19.2 Å². The Morgan fingerprint density at radius 2 is 1.86 bits per heavy atom. The van der Waals surface area contributed by atoms with E-state index in [1.165, 1.54) is 11.3 Å². The summed E-state index contributed by atoms with van der Waals surface area (Å²) < 4.78 is 29.3. The minimum atomic E-state index is -3.12. The number of alkyl halides is 2. The second-order valence-corrected chi connectivity index (χ2v) is 12.0. The molecular formula is C26H32F2N6O2S. The normalized spacial score (nSPS) is 27.0. The number of rotatable bonds is 8. The summed E-state index contributed by atoms with van der Waals surface area (Å²) in [6.07, 6.45) is 3.38. The third-order valence-electron chi connectivity index (χ3n) is 7.94. The van der Waals surface area contributed by atoms with Crippen LogP contribution in [0.1, 0.15) is 63.3 Å². The molecule has 0 bridgehead atoms. The van der Waals surface area contributed by atoms with Crippen LogP contribution in [0.25, 0.3) is 20.8 Å². The largest absolute Gasteiger partial charge is 0.390 e. The summed E-state index contributed by atoms with van der Waals surface area (Å²) in [7, 11) is 0. The van der Waals surface area contributed by atoms with Crippen molar-refractivity contribution in [2.75, 3.05) is 10.6 Å². The van der Waals surface area contributed by atoms with Gasteiger partial charge in [0.15, 0.2) is 0 Å². The smallest absolute Gasteiger partial charge is 0.250 e. The van der Waals surface area contributed by atoms with Crippen molar-refractivity contribution in [3.05, 3.63) is 23.7 Å². The predicted molar refractivity (Wildman–Crippen MR) is 139 cm³/mol. The van der Waals surface area contributed by atoms with Gasteiger partial charge < -0.3 is 20.8 Å². The Morgan fingerprint density at radius 3 is 2.51 bits per heavy atom. The van der Waals surface area contributed by atoms with Gasteiger partial charge >= 0.3 is 0 Å². The number of aliphatic hydroxyl groups excluding tert-OH is 2. The van der Waals surface area contributed by atoms with Crippen molar-refractivity contribution in [2.24, 2.45) is 11.8 Å². The zero-order chi connectivity index (χ0) is 26.1. The van der Waals surface area contributed by atoms with Crippen LogP contribution in [0.2, 0.25) is 0 Å². The molecule has 0 unspecified atom stereocenters. The van der Waals surface area contributed by atoms with Crippen molar-refractivity contribution in [3.63, 3.8) is 0 Å². The second kappa shape index (κ2) is 9.06. The van der Waals surface area contributed by atoms with E-state index in [4.69, 9.17) is 15.0 Å². The maximum Gasteiger partial charge on any atom is 0.250 e. The molecule has 4 N–H and O–H groups in total. The summed E-state index contributed by atoms with van der Waals surface area (Å²) in [5.74, 6) is -2.60. The molecule has 0 saturated heterocycles. The lowest BCUT2D eigenvalue weighted by Gasteiger charge is -2.22. The van der Waals surface area contributed by atoms with Crippen LogP contribution in [-0.2, 0) is 0 Å². The average Bonchev–Trinajstić information content (AvgIpc) is 3.75. The highest BCUT2D eigenvalue weighted by molar-refractivity contribution is 7.21. The lowest BCUT2D eigenvalue weighted by atomic mass is 9.98. The molecule has 3 heterocycles. The summed E-state index contributed by atoms with van der Waals surface area (Å²) in [6, 6.07) is 1.35. The summed E-state index contributed by atoms with van der Waals surface area (Å²) in [4.78, 5) is 19.0. The number of hydrogen-bond donors (Lipinski definition) is 4. The van der Waals surface area contributed by atoms with E-state index in [0.717, 1.165) is 48.5 Å². The molecule has 0 aromatic carbocycles. The lowest BCUT2D eigenvalue weighted by molar-refractivity contribution is -0.0950. The third-order valence-corrected chi connectivity index (χ3v) is 8.98. The highest BCUT2D eigenvalue weighted by Gasteiger charge is 2.51. The molecule has 11 heteroatoms. The standard InChI is InChI=1S/C26H32F2N6O2S/c1-11(13-4-5-13)30-25-31-12(2)18(24-33-20-17(37-24)8-9-29-19(20)14-6-7-14)23(34-25)32-16-10-15(26(3,27)28)21(35)22(16)36/h8-9,11,13-16,21-22,35-36H,4-7,10H2,1-3H3,(H2,30,31,32,34)/t11-,15+,16-,21-,22+/m1/s1. The van der Waals surface area contributed by atoms with E-state index in [0.29, 0.717) is 39.9 Å². The fraction of sp³-hybridized carbons (Fsp3) is 0.615. The van der Waals surface area contributed by atoms with E-state index in [1.54, 1.807) is 0 Å². The van der Waals surface area contributed by atoms with Gasteiger partial charge in [-0.1, -0.05) is 0 Å². The Kier molecular flexibility index (Phi) is 6.08. The molecule has 3 aromatic heterocycles. The number of halogens is 2. The minimum Gasteiger partial charge on any atom is -0.390 e. The van der Waals surface area contributed by atoms with Crippen LogP contribution in [0.4, 0.5) is 20.5 Å². The molecule has 3 aliphatic carbocycles. The highest BCUT2D eigenvalue weighted by atomic mass is 32.1. The van der Waals surface area contributed by atoms with Crippen LogP contribution >= 0.6 is 11.3 Å². The van der Waals surface area contributed by atoms with Crippen LogP contribution in [0.5, 0.6) is 0 Å². The van der Waals surface area contributed by atoms with E-state index < -0.39 is 30.1 Å². The minimum absolute atomic E-state index is 0.0921. The molecule has 0 amide bonds. The molecule has 0 spiro atoms. The second-order valence-electron chi connectivity index (χ2n) is 11.0. The molecule has 3 aromatic rings. The van der Waals surface area contributed by atoms with Crippen LogP contribution in [0.3, 0.4) is 0 Å². The Hall–Kier alpha value is -2.50. The molecular weight excluding hydrogens is 498 g/mol. The van der Waals surface area contributed by atoms with Crippen molar-refractivity contribution in [1.82, 2.24) is 19.9 Å². The van der Waals surface area contributed by atoms with Crippen LogP contribution < -0.4 is 10.6 Å². The number of aliphatic hydroxyl groups is 2. The van der Waals surface area contributed by atoms with Gasteiger partial charge in [-0.2, -0.15) is 4.98 Å². The summed E-state index contributed by atoms with van der Waals surface area (Å²) in [5.41, 5.74) is 3.24. The number of pyridine rings is 1. The molecule has 3 fully saturated rings. The van der Waals surface area contributed by atoms with Crippen molar-refractivity contribution in [1.29, 1.82) is 0 Å². The lowest BCUT2D eigenvalue weighted by Crippen LogP contribution is -2.38. The number of nitrogens with zero attached hydrogens (tertiary/aromatic N) is 4. The number of fused-ring (bicyclic) bond motifs is 1. The number of thiazole rings is 1. The van der Waals surface area contributed by atoms with Crippen LogP contribution in [0, 0.1) is 18.8 Å². The summed E-state index contributed by atoms with van der Waals surface area (Å²) in [6.45, 7) is 4.76. The molecule has 3 saturated carbocycles. The third kappa shape index (κ3) is 4.77. The van der Waals surface area contributed by atoms with Gasteiger partial charge in [-0.15, -0.1) is 11.3 Å². The van der Waals surface area contributed by atoms with Crippen molar-refractivity contribution in [2.45, 2.75) is 89.0 Å². The monoisotopic (exact) mass is 530 g/mol. The fourth-order valence-electron chi connectivity index (χ4n) is 5.41. The molecule has 198 valence electrons. The number of aryl methyl sites for hydroxylation is 1. The zero-order valence-electron chi connectivity index (χ0n) is 21.1. The maximum atomic E-state index is 14.1. The van der Waals surface area contributed by atoms with E-state index >= 15 is 0 Å². The zero-order valence-corrected chi connectivity index (χ0v) is 21.9. The van der Waals surface area contributed by atoms with Gasteiger partial charge in [-0.25, -0.2) is 18.7 Å². The highest BCUT2D eigenvalue weighted by Crippen LogP contribution is 2.45. The Morgan fingerprint density at radius 1 is 1.11 bits per heavy atom. The Balaban J connectivity index is 1.40. The molecule has 6 rings (SSSR count). The molecule has 0 aliphatic heterocycles. The summed E-state index contributed by atoms with van der Waals surface area (Å²) in [5, 5.41) is 28.3. The van der Waals surface area contributed by atoms with E-state index in [2.05, 4.69) is 22.5 Å². The van der Waals surface area contributed by atoms with Gasteiger partial charge in [0.25, 0.3) is 5.92 Å². The number of aromatic nitrogens is 4. The topological polar surface area (TPSA) is 116 Å². The fourth-order valence-corrected chi connectivity index (χ4v) is 6.48. The predicted octanol–water partition coefficient (Wildman–Crippen LogP) is 4.72. The quantitative estimate of drug-likeness (QED) is 0.331. The number of anilines is 2. The van der Waals surface area contributed by atoms with Gasteiger partial charge in [-0.3, -0.25) is 4.98 Å². The van der Waals surface area contributed by atoms with Crippen molar-refractivity contribution < 1.29 is 19.0 Å². The molecule has 5 atom stereocenters. The number of hydrogen-bond acceptors (Lipinski definition) is 9. The van der Waals surface area contributed by atoms with Crippen LogP contribution in [-0.4, -0.2) is 60.4 Å².